The van der Waals surface area contributed by atoms with Gasteiger partial charge in [-0.2, -0.15) is 13.2 Å². The molecule has 2 aromatic rings. The average molecular weight is 573 g/mol. The highest BCUT2D eigenvalue weighted by molar-refractivity contribution is 5.95. The van der Waals surface area contributed by atoms with Crippen LogP contribution in [-0.2, 0) is 10.4 Å². The summed E-state index contributed by atoms with van der Waals surface area (Å²) in [5, 5.41) is 10.9. The van der Waals surface area contributed by atoms with Gasteiger partial charge in [-0.3, -0.25) is 9.59 Å². The van der Waals surface area contributed by atoms with E-state index in [0.717, 1.165) is 49.0 Å². The molecule has 1 aliphatic heterocycles. The maximum absolute atomic E-state index is 14.2. The third-order valence-electron chi connectivity index (χ3n) is 8.97. The first-order chi connectivity index (χ1) is 19.4. The minimum atomic E-state index is -5.12. The number of carbonyl (C=O) groups excluding carboxylic acids is 2. The SMILES string of the molecule is Cc1cc(O[C@H]2C[C@@H](CC3CCN(C(=O)[C@](O)(c4cccc(C5CC5)c4)C(F)(F)F)CC3)C2)ccc1C(=O)N(C)C. The van der Waals surface area contributed by atoms with Crippen molar-refractivity contribution in [1.82, 2.24) is 9.80 Å². The third-order valence-corrected chi connectivity index (χ3v) is 8.97. The maximum atomic E-state index is 14.2. The van der Waals surface area contributed by atoms with Crippen LogP contribution in [0.5, 0.6) is 5.75 Å². The van der Waals surface area contributed by atoms with Crippen molar-refractivity contribution < 1.29 is 32.6 Å². The number of amides is 2. The third kappa shape index (κ3) is 6.10. The van der Waals surface area contributed by atoms with Gasteiger partial charge in [-0.05, 0) is 98.9 Å². The lowest BCUT2D eigenvalue weighted by Crippen LogP contribution is -2.57. The van der Waals surface area contributed by atoms with E-state index in [1.807, 2.05) is 19.1 Å². The fraction of sp³-hybridized carbons (Fsp3) is 0.562. The molecule has 0 aromatic heterocycles. The lowest BCUT2D eigenvalue weighted by Gasteiger charge is -2.41. The Labute approximate surface area is 239 Å². The zero-order valence-electron chi connectivity index (χ0n) is 23.9. The van der Waals surface area contributed by atoms with Crippen molar-refractivity contribution in [2.24, 2.45) is 11.8 Å². The number of aliphatic hydroxyl groups is 1. The molecule has 0 radical (unpaired) electrons. The number of rotatable bonds is 8. The zero-order valence-corrected chi connectivity index (χ0v) is 23.9. The molecule has 9 heteroatoms. The summed E-state index contributed by atoms with van der Waals surface area (Å²) in [5.74, 6) is 0.422. The zero-order chi connectivity index (χ0) is 29.5. The normalized spacial score (nSPS) is 23.0. The van der Waals surface area contributed by atoms with E-state index in [9.17, 15) is 27.9 Å². The minimum Gasteiger partial charge on any atom is -0.490 e. The highest BCUT2D eigenvalue weighted by Crippen LogP contribution is 2.45. The van der Waals surface area contributed by atoms with Gasteiger partial charge in [0.2, 0.25) is 0 Å². The maximum Gasteiger partial charge on any atom is 0.430 e. The number of alkyl halides is 3. The van der Waals surface area contributed by atoms with Crippen molar-refractivity contribution in [3.8, 4) is 5.75 Å². The minimum absolute atomic E-state index is 0.0450. The molecule has 1 N–H and O–H groups in total. The van der Waals surface area contributed by atoms with Crippen molar-refractivity contribution >= 4 is 11.8 Å². The molecular formula is C32H39F3N2O4. The monoisotopic (exact) mass is 572 g/mol. The fourth-order valence-electron chi connectivity index (χ4n) is 6.26. The molecule has 2 saturated carbocycles. The van der Waals surface area contributed by atoms with Gasteiger partial charge in [-0.15, -0.1) is 0 Å². The number of halogens is 3. The molecule has 1 saturated heterocycles. The second-order valence-electron chi connectivity index (χ2n) is 12.3. The molecule has 6 nitrogen and oxygen atoms in total. The van der Waals surface area contributed by atoms with Crippen molar-refractivity contribution in [2.45, 2.75) is 75.7 Å². The van der Waals surface area contributed by atoms with Crippen LogP contribution in [0.1, 0.15) is 77.9 Å². The van der Waals surface area contributed by atoms with Gasteiger partial charge in [0, 0.05) is 38.3 Å². The summed E-state index contributed by atoms with van der Waals surface area (Å²) in [6.45, 7) is 2.30. The quantitative estimate of drug-likeness (QED) is 0.434. The lowest BCUT2D eigenvalue weighted by atomic mass is 9.74. The largest absolute Gasteiger partial charge is 0.490 e. The molecule has 3 fully saturated rings. The second-order valence-corrected chi connectivity index (χ2v) is 12.3. The number of hydrogen-bond donors (Lipinski definition) is 1. The Balaban J connectivity index is 1.12. The number of aryl methyl sites for hydroxylation is 1. The lowest BCUT2D eigenvalue weighted by molar-refractivity contribution is -0.262. The summed E-state index contributed by atoms with van der Waals surface area (Å²) < 4.78 is 48.8. The summed E-state index contributed by atoms with van der Waals surface area (Å²) in [6.07, 6.45) is 0.794. The molecule has 1 heterocycles. The average Bonchev–Trinajstić information content (AvgIpc) is 3.76. The number of carbonyl (C=O) groups is 2. The molecule has 5 rings (SSSR count). The molecule has 41 heavy (non-hydrogen) atoms. The molecular weight excluding hydrogens is 533 g/mol. The van der Waals surface area contributed by atoms with Gasteiger partial charge in [0.05, 0.1) is 6.10 Å². The smallest absolute Gasteiger partial charge is 0.430 e. The van der Waals surface area contributed by atoms with E-state index in [2.05, 4.69) is 0 Å². The van der Waals surface area contributed by atoms with Crippen LogP contribution in [0, 0.1) is 18.8 Å². The first-order valence-corrected chi connectivity index (χ1v) is 14.5. The van der Waals surface area contributed by atoms with Gasteiger partial charge < -0.3 is 19.6 Å². The van der Waals surface area contributed by atoms with Crippen LogP contribution in [0.25, 0.3) is 0 Å². The van der Waals surface area contributed by atoms with E-state index < -0.39 is 23.2 Å². The molecule has 2 amide bonds. The van der Waals surface area contributed by atoms with Crippen LogP contribution in [-0.4, -0.2) is 66.2 Å². The molecule has 0 unspecified atom stereocenters. The van der Waals surface area contributed by atoms with Crippen LogP contribution < -0.4 is 4.74 Å². The Morgan fingerprint density at radius 1 is 1.00 bits per heavy atom. The number of hydrogen-bond acceptors (Lipinski definition) is 4. The van der Waals surface area contributed by atoms with Gasteiger partial charge in [-0.25, -0.2) is 0 Å². The Hall–Kier alpha value is -3.07. The Morgan fingerprint density at radius 3 is 2.27 bits per heavy atom. The topological polar surface area (TPSA) is 70.1 Å². The van der Waals surface area contributed by atoms with Gasteiger partial charge in [0.1, 0.15) is 5.75 Å². The van der Waals surface area contributed by atoms with E-state index in [0.29, 0.717) is 30.2 Å². The van der Waals surface area contributed by atoms with Crippen molar-refractivity contribution in [2.75, 3.05) is 27.2 Å². The van der Waals surface area contributed by atoms with E-state index in [4.69, 9.17) is 4.74 Å². The van der Waals surface area contributed by atoms with Crippen molar-refractivity contribution in [3.05, 3.63) is 64.7 Å². The van der Waals surface area contributed by atoms with Crippen LogP contribution in [0.3, 0.4) is 0 Å². The predicted octanol–water partition coefficient (Wildman–Crippen LogP) is 5.81. The first-order valence-electron chi connectivity index (χ1n) is 14.5. The summed E-state index contributed by atoms with van der Waals surface area (Å²) in [5.41, 5.74) is -1.67. The summed E-state index contributed by atoms with van der Waals surface area (Å²) in [7, 11) is 3.44. The number of ether oxygens (including phenoxy) is 1. The van der Waals surface area contributed by atoms with Crippen LogP contribution >= 0.6 is 0 Å². The number of nitrogens with zero attached hydrogens (tertiary/aromatic N) is 2. The van der Waals surface area contributed by atoms with E-state index in [1.54, 1.807) is 31.1 Å². The van der Waals surface area contributed by atoms with E-state index in [-0.39, 0.29) is 31.0 Å². The highest BCUT2D eigenvalue weighted by Gasteiger charge is 2.62. The molecule has 3 aliphatic rings. The van der Waals surface area contributed by atoms with Crippen molar-refractivity contribution in [1.29, 1.82) is 0 Å². The van der Waals surface area contributed by atoms with Gasteiger partial charge >= 0.3 is 6.18 Å². The fourth-order valence-corrected chi connectivity index (χ4v) is 6.26. The van der Waals surface area contributed by atoms with Crippen LogP contribution in [0.4, 0.5) is 13.2 Å². The molecule has 222 valence electrons. The first kappa shape index (κ1) is 29.4. The van der Waals surface area contributed by atoms with E-state index >= 15 is 0 Å². The second kappa shape index (κ2) is 11.3. The number of likely N-dealkylation sites (tertiary alicyclic amines) is 1. The number of piperidine rings is 1. The molecule has 0 spiro atoms. The number of benzene rings is 2. The highest BCUT2D eigenvalue weighted by atomic mass is 19.4. The molecule has 1 atom stereocenters. The van der Waals surface area contributed by atoms with Gasteiger partial charge in [0.25, 0.3) is 17.4 Å². The summed E-state index contributed by atoms with van der Waals surface area (Å²) >= 11 is 0. The Morgan fingerprint density at radius 2 is 1.68 bits per heavy atom. The summed E-state index contributed by atoms with van der Waals surface area (Å²) in [4.78, 5) is 28.2. The Kier molecular flexibility index (Phi) is 8.12. The van der Waals surface area contributed by atoms with Crippen LogP contribution in [0.15, 0.2) is 42.5 Å². The van der Waals surface area contributed by atoms with Crippen molar-refractivity contribution in [3.63, 3.8) is 0 Å². The van der Waals surface area contributed by atoms with Gasteiger partial charge in [-0.1, -0.05) is 24.3 Å². The Bertz CT molecular complexity index is 1280. The van der Waals surface area contributed by atoms with Gasteiger partial charge in [0.15, 0.2) is 0 Å². The molecule has 2 aliphatic carbocycles. The van der Waals surface area contributed by atoms with E-state index in [1.165, 1.54) is 23.1 Å². The standard InChI is InChI=1S/C32H39F3N2O4/c1-20-15-26(9-10-28(20)29(38)36(2)3)41-27-17-22(18-27)16-21-11-13-37(14-12-21)30(39)31(40,32(33,34)35)25-6-4-5-24(19-25)23-7-8-23/h4-6,9-10,15,19,21-23,27,40H,7-8,11-14,16-18H2,1-3H3/t22-,27+,31-/m1/s1. The summed E-state index contributed by atoms with van der Waals surface area (Å²) in [6, 6.07) is 11.3. The molecule has 0 bridgehead atoms. The van der Waals surface area contributed by atoms with Crippen LogP contribution in [0.2, 0.25) is 0 Å². The molecule has 2 aromatic carbocycles. The predicted molar refractivity (Wildman–Crippen MR) is 149 cm³/mol.